The molecule has 2 atom stereocenters. The van der Waals surface area contributed by atoms with E-state index >= 15 is 0 Å². The lowest BCUT2D eigenvalue weighted by atomic mass is 10.0. The summed E-state index contributed by atoms with van der Waals surface area (Å²) in [5.74, 6) is -2.26. The maximum absolute atomic E-state index is 13.7. The van der Waals surface area contributed by atoms with Crippen LogP contribution in [0.25, 0.3) is 0 Å². The maximum atomic E-state index is 13.7. The average Bonchev–Trinajstić information content (AvgIpc) is 3.26. The van der Waals surface area contributed by atoms with Gasteiger partial charge in [0.05, 0.1) is 4.47 Å². The molecule has 12 heteroatoms. The van der Waals surface area contributed by atoms with Crippen LogP contribution in [0.1, 0.15) is 225 Å². The Morgan fingerprint density at radius 2 is 0.969 bits per heavy atom. The Hall–Kier alpha value is -2.63. The molecule has 0 aromatic heterocycles. The highest BCUT2D eigenvalue weighted by Gasteiger charge is 2.34. The number of carboxylic acid groups (broad SMARTS) is 1. The summed E-state index contributed by atoms with van der Waals surface area (Å²) < 4.78 is 25.7. The van der Waals surface area contributed by atoms with Gasteiger partial charge in [0.25, 0.3) is 0 Å². The third-order valence-electron chi connectivity index (χ3n) is 11.4. The molecule has 0 fully saturated rings. The van der Waals surface area contributed by atoms with Crippen LogP contribution in [0.2, 0.25) is 5.02 Å². The molecule has 0 aliphatic carbocycles. The molecule has 0 N–H and O–H groups in total. The monoisotopic (exact) mass is 1040 g/mol. The molecule has 0 amide bonds. The lowest BCUT2D eigenvalue weighted by molar-refractivity contribution is -0.305. The highest BCUT2D eigenvalue weighted by Crippen LogP contribution is 2.39. The van der Waals surface area contributed by atoms with E-state index in [-0.39, 0.29) is 37.9 Å². The van der Waals surface area contributed by atoms with E-state index in [2.05, 4.69) is 45.7 Å². The van der Waals surface area contributed by atoms with Gasteiger partial charge in [-0.1, -0.05) is 195 Å². The van der Waals surface area contributed by atoms with Crippen LogP contribution in [0, 0.1) is 0 Å². The molecule has 0 saturated carbocycles. The minimum Gasteiger partial charge on any atom is -0.550 e. The number of carbonyl (C=O) groups is 4. The molecule has 2 rings (SSSR count). The molecule has 0 aliphatic rings. The summed E-state index contributed by atoms with van der Waals surface area (Å²) in [6.07, 6.45) is 27.7. The number of hydrogen-bond donors (Lipinski definition) is 0. The molecule has 64 heavy (non-hydrogen) atoms. The van der Waals surface area contributed by atoms with Crippen LogP contribution >= 0.6 is 43.5 Å². The van der Waals surface area contributed by atoms with Crippen LogP contribution in [-0.4, -0.2) is 36.6 Å². The summed E-state index contributed by atoms with van der Waals surface area (Å²) in [7, 11) is 0. The summed E-state index contributed by atoms with van der Waals surface area (Å²) in [5.41, 5.74) is 0.307. The molecule has 2 unspecified atom stereocenters. The minimum atomic E-state index is -1.30. The number of unbranched alkanes of at least 4 members (excludes halogenated alkanes) is 24. The van der Waals surface area contributed by atoms with Gasteiger partial charge in [-0.2, -0.15) is 0 Å². The van der Waals surface area contributed by atoms with E-state index in [9.17, 15) is 24.3 Å². The Bertz CT molecular complexity index is 1590. The van der Waals surface area contributed by atoms with Crippen LogP contribution < -0.4 is 9.84 Å². The van der Waals surface area contributed by atoms with E-state index < -0.39 is 42.7 Å². The van der Waals surface area contributed by atoms with Crippen molar-refractivity contribution in [2.75, 3.05) is 6.61 Å². The fourth-order valence-corrected chi connectivity index (χ4v) is 8.97. The fourth-order valence-electron chi connectivity index (χ4n) is 7.66. The molecule has 2 aromatic rings. The van der Waals surface area contributed by atoms with Gasteiger partial charge in [-0.15, -0.1) is 0 Å². The minimum absolute atomic E-state index is 0.0145. The van der Waals surface area contributed by atoms with Crippen LogP contribution in [0.3, 0.4) is 0 Å². The van der Waals surface area contributed by atoms with Crippen molar-refractivity contribution in [1.29, 1.82) is 0 Å². The second-order valence-corrected chi connectivity index (χ2v) is 19.4. The van der Waals surface area contributed by atoms with Crippen molar-refractivity contribution >= 4 is 67.3 Å². The third-order valence-corrected chi connectivity index (χ3v) is 12.8. The Morgan fingerprint density at radius 3 is 1.45 bits per heavy atom. The zero-order valence-corrected chi connectivity index (χ0v) is 43.0. The molecule has 0 radical (unpaired) electrons. The molecule has 0 saturated heterocycles. The Labute approximate surface area is 407 Å². The van der Waals surface area contributed by atoms with Crippen molar-refractivity contribution in [1.82, 2.24) is 0 Å². The number of ether oxygens (including phenoxy) is 4. The summed E-state index contributed by atoms with van der Waals surface area (Å²) >= 11 is 13.6. The number of carbonyl (C=O) groups excluding carboxylic acids is 4. The van der Waals surface area contributed by atoms with Gasteiger partial charge in [0.15, 0.2) is 12.2 Å². The van der Waals surface area contributed by atoms with Crippen LogP contribution in [0.15, 0.2) is 45.3 Å². The number of rotatable bonds is 40. The topological polar surface area (TPSA) is 128 Å². The number of hydrogen-bond acceptors (Lipinski definition) is 9. The van der Waals surface area contributed by atoms with Gasteiger partial charge in [-0.3, -0.25) is 14.4 Å². The summed E-state index contributed by atoms with van der Waals surface area (Å²) in [6.45, 7) is 4.07. The van der Waals surface area contributed by atoms with E-state index in [1.54, 1.807) is 24.3 Å². The van der Waals surface area contributed by atoms with Crippen molar-refractivity contribution in [3.8, 4) is 11.5 Å². The van der Waals surface area contributed by atoms with E-state index in [0.29, 0.717) is 33.6 Å². The molecular formula is C52H78Br2ClO9-. The summed E-state index contributed by atoms with van der Waals surface area (Å²) in [6, 6.07) is 10.3. The zero-order valence-electron chi connectivity index (χ0n) is 39.1. The lowest BCUT2D eigenvalue weighted by Gasteiger charge is -2.29. The second kappa shape index (κ2) is 37.5. The van der Waals surface area contributed by atoms with Crippen molar-refractivity contribution < 1.29 is 43.2 Å². The summed E-state index contributed by atoms with van der Waals surface area (Å²) in [5, 5.41) is 11.4. The fraction of sp³-hybridized carbons (Fsp3) is 0.692. The molecule has 0 bridgehead atoms. The van der Waals surface area contributed by atoms with Crippen molar-refractivity contribution in [3.63, 3.8) is 0 Å². The van der Waals surface area contributed by atoms with Gasteiger partial charge in [0.1, 0.15) is 18.1 Å². The first-order valence-corrected chi connectivity index (χ1v) is 26.7. The third kappa shape index (κ3) is 28.4. The summed E-state index contributed by atoms with van der Waals surface area (Å²) in [4.78, 5) is 51.2. The zero-order chi connectivity index (χ0) is 46.6. The molecule has 0 spiro atoms. The van der Waals surface area contributed by atoms with Gasteiger partial charge in [-0.25, -0.2) is 0 Å². The largest absolute Gasteiger partial charge is 0.550 e. The van der Waals surface area contributed by atoms with E-state index in [0.717, 1.165) is 43.0 Å². The predicted molar refractivity (Wildman–Crippen MR) is 263 cm³/mol. The van der Waals surface area contributed by atoms with Gasteiger partial charge < -0.3 is 28.8 Å². The number of benzene rings is 2. The molecule has 2 aromatic carbocycles. The number of esters is 3. The Balaban J connectivity index is 2.13. The highest BCUT2D eigenvalue weighted by molar-refractivity contribution is 9.11. The standard InChI is InChI=1S/C52H79Br2ClO9/c1-3-5-7-9-11-13-15-17-19-21-23-25-27-31-49(58)61-40-47(63-50(59)33-29-30-48(56)57)52(43-39-42(55)35-37-45(43)62-46-36-34-41(53)38-44(46)54)64-51(60)32-28-26-24-22-20-18-16-14-12-10-8-6-4-2/h34-39,47,52H,3-33,40H2,1-2H3,(H,56,57)/p-1. The first-order chi connectivity index (χ1) is 31.0. The van der Waals surface area contributed by atoms with E-state index in [1.807, 2.05) is 12.1 Å². The van der Waals surface area contributed by atoms with Crippen LogP contribution in [0.4, 0.5) is 0 Å². The number of halogens is 3. The Morgan fingerprint density at radius 1 is 0.531 bits per heavy atom. The van der Waals surface area contributed by atoms with Crippen molar-refractivity contribution in [2.45, 2.75) is 225 Å². The maximum Gasteiger partial charge on any atom is 0.306 e. The SMILES string of the molecule is CCCCCCCCCCCCCCCC(=O)OCC(OC(=O)CCCC(=O)[O-])C(OC(=O)CCCCCCCCCCCCCCC)c1cc(Cl)ccc1Oc1ccc(Br)cc1Br. The van der Waals surface area contributed by atoms with Gasteiger partial charge in [0, 0.05) is 40.3 Å². The highest BCUT2D eigenvalue weighted by atomic mass is 79.9. The lowest BCUT2D eigenvalue weighted by Crippen LogP contribution is -2.34. The smallest absolute Gasteiger partial charge is 0.306 e. The van der Waals surface area contributed by atoms with Gasteiger partial charge in [0.2, 0.25) is 0 Å². The van der Waals surface area contributed by atoms with Crippen molar-refractivity contribution in [3.05, 3.63) is 55.9 Å². The molecule has 362 valence electrons. The van der Waals surface area contributed by atoms with Crippen LogP contribution in [0.5, 0.6) is 11.5 Å². The van der Waals surface area contributed by atoms with Crippen molar-refractivity contribution in [2.24, 2.45) is 0 Å². The number of aliphatic carboxylic acids is 1. The molecular weight excluding hydrogens is 964 g/mol. The van der Waals surface area contributed by atoms with Crippen LogP contribution in [-0.2, 0) is 33.4 Å². The van der Waals surface area contributed by atoms with E-state index in [4.69, 9.17) is 30.5 Å². The average molecular weight is 1040 g/mol. The first-order valence-electron chi connectivity index (χ1n) is 24.7. The van der Waals surface area contributed by atoms with Gasteiger partial charge in [-0.05, 0) is 78.0 Å². The second-order valence-electron chi connectivity index (χ2n) is 17.2. The van der Waals surface area contributed by atoms with E-state index in [1.165, 1.54) is 116 Å². The van der Waals surface area contributed by atoms with Gasteiger partial charge >= 0.3 is 17.9 Å². The first kappa shape index (κ1) is 57.5. The quantitative estimate of drug-likeness (QED) is 0.0364. The normalized spacial score (nSPS) is 12.1. The molecule has 0 heterocycles. The molecule has 0 aliphatic heterocycles. The predicted octanol–water partition coefficient (Wildman–Crippen LogP) is 15.6. The number of carboxylic acids is 1. The Kier molecular flexibility index (Phi) is 33.7. The molecule has 9 nitrogen and oxygen atoms in total.